The van der Waals surface area contributed by atoms with Gasteiger partial charge in [-0.25, -0.2) is 0 Å². The van der Waals surface area contributed by atoms with E-state index in [1.54, 1.807) is 6.20 Å². The Morgan fingerprint density at radius 1 is 1.20 bits per heavy atom. The minimum atomic E-state index is 0.00827. The Hall–Kier alpha value is -2.29. The topological polar surface area (TPSA) is 69.6 Å². The summed E-state index contributed by atoms with van der Waals surface area (Å²) < 4.78 is 8.16. The smallest absolute Gasteiger partial charge is 0.149 e. The van der Waals surface area contributed by atoms with Crippen LogP contribution >= 0.6 is 22.6 Å². The van der Waals surface area contributed by atoms with E-state index < -0.39 is 0 Å². The molecule has 4 aromatic rings. The number of hydrogen-bond donors (Lipinski definition) is 0. The molecule has 7 heteroatoms. The molecule has 0 aromatic carbocycles. The zero-order chi connectivity index (χ0) is 17.6. The predicted octanol–water partition coefficient (Wildman–Crippen LogP) is 4.31. The van der Waals surface area contributed by atoms with Gasteiger partial charge in [0.25, 0.3) is 0 Å². The van der Waals surface area contributed by atoms with E-state index in [0.29, 0.717) is 0 Å². The van der Waals surface area contributed by atoms with Crippen LogP contribution in [-0.4, -0.2) is 24.9 Å². The fraction of sp³-hybridized carbons (Fsp3) is 0.222. The number of halogens is 1. The van der Waals surface area contributed by atoms with Crippen LogP contribution in [0.25, 0.3) is 22.2 Å². The lowest BCUT2D eigenvalue weighted by atomic mass is 10.1. The van der Waals surface area contributed by atoms with Gasteiger partial charge < -0.3 is 4.52 Å². The molecule has 0 saturated heterocycles. The lowest BCUT2D eigenvalue weighted by Gasteiger charge is -2.13. The van der Waals surface area contributed by atoms with Crippen LogP contribution in [0.1, 0.15) is 30.1 Å². The second-order valence-corrected chi connectivity index (χ2v) is 6.98. The standard InChI is InChI=1S/C18H16IN5O/c1-10-16(12(3)25-23-10)13-8-15-17(21-9-13)18(19)22-24(15)11(2)14-6-4-5-7-20-14/h4-9,11H,1-3H3/t11-/m0/s1. The Balaban J connectivity index is 1.90. The molecule has 0 unspecified atom stereocenters. The van der Waals surface area contributed by atoms with Crippen LogP contribution in [0, 0.1) is 17.5 Å². The number of rotatable bonds is 3. The Kier molecular flexibility index (Phi) is 4.03. The van der Waals surface area contributed by atoms with Gasteiger partial charge in [-0.3, -0.25) is 14.6 Å². The summed E-state index contributed by atoms with van der Waals surface area (Å²) in [4.78, 5) is 9.10. The molecule has 4 rings (SSSR count). The van der Waals surface area contributed by atoms with Crippen LogP contribution in [0.2, 0.25) is 0 Å². The number of hydrogen-bond acceptors (Lipinski definition) is 5. The van der Waals surface area contributed by atoms with E-state index in [0.717, 1.165) is 43.0 Å². The van der Waals surface area contributed by atoms with E-state index in [1.165, 1.54) is 0 Å². The number of pyridine rings is 2. The maximum atomic E-state index is 5.30. The molecule has 0 aliphatic carbocycles. The summed E-state index contributed by atoms with van der Waals surface area (Å²) in [6.07, 6.45) is 3.66. The fourth-order valence-electron chi connectivity index (χ4n) is 3.06. The molecule has 4 heterocycles. The van der Waals surface area contributed by atoms with Gasteiger partial charge in [-0.2, -0.15) is 5.10 Å². The molecule has 0 spiro atoms. The Morgan fingerprint density at radius 2 is 2.04 bits per heavy atom. The summed E-state index contributed by atoms with van der Waals surface area (Å²) in [5.41, 5.74) is 5.65. The molecule has 0 aliphatic rings. The van der Waals surface area contributed by atoms with E-state index in [4.69, 9.17) is 9.62 Å². The summed E-state index contributed by atoms with van der Waals surface area (Å²) in [5.74, 6) is 0.789. The van der Waals surface area contributed by atoms with E-state index in [-0.39, 0.29) is 6.04 Å². The van der Waals surface area contributed by atoms with Crippen LogP contribution in [-0.2, 0) is 0 Å². The molecular weight excluding hydrogens is 429 g/mol. The second-order valence-electron chi connectivity index (χ2n) is 5.96. The van der Waals surface area contributed by atoms with Gasteiger partial charge in [0.05, 0.1) is 22.9 Å². The van der Waals surface area contributed by atoms with E-state index in [1.807, 2.05) is 42.9 Å². The maximum absolute atomic E-state index is 5.30. The lowest BCUT2D eigenvalue weighted by Crippen LogP contribution is -2.10. The third kappa shape index (κ3) is 2.72. The van der Waals surface area contributed by atoms with Crippen LogP contribution in [0.4, 0.5) is 0 Å². The predicted molar refractivity (Wildman–Crippen MR) is 103 cm³/mol. The van der Waals surface area contributed by atoms with Gasteiger partial charge in [-0.1, -0.05) is 11.2 Å². The highest BCUT2D eigenvalue weighted by Gasteiger charge is 2.19. The molecule has 0 amide bonds. The molecule has 0 aliphatic heterocycles. The Labute approximate surface area is 158 Å². The molecule has 126 valence electrons. The Bertz CT molecular complexity index is 1030. The van der Waals surface area contributed by atoms with Gasteiger partial charge in [-0.05, 0) is 61.6 Å². The number of aromatic nitrogens is 5. The summed E-state index contributed by atoms with van der Waals surface area (Å²) in [6.45, 7) is 5.94. The van der Waals surface area contributed by atoms with Crippen molar-refractivity contribution in [3.8, 4) is 11.1 Å². The van der Waals surface area contributed by atoms with Crippen molar-refractivity contribution in [2.75, 3.05) is 0 Å². The van der Waals surface area contributed by atoms with Crippen molar-refractivity contribution in [2.24, 2.45) is 0 Å². The molecule has 6 nitrogen and oxygen atoms in total. The largest absolute Gasteiger partial charge is 0.361 e. The van der Waals surface area contributed by atoms with Crippen LogP contribution in [0.5, 0.6) is 0 Å². The van der Waals surface area contributed by atoms with Crippen molar-refractivity contribution in [1.82, 2.24) is 24.9 Å². The van der Waals surface area contributed by atoms with Crippen molar-refractivity contribution in [3.63, 3.8) is 0 Å². The molecule has 1 atom stereocenters. The molecule has 25 heavy (non-hydrogen) atoms. The molecule has 0 N–H and O–H groups in total. The number of fused-ring (bicyclic) bond motifs is 1. The highest BCUT2D eigenvalue weighted by molar-refractivity contribution is 14.1. The molecule has 0 radical (unpaired) electrons. The maximum Gasteiger partial charge on any atom is 0.149 e. The van der Waals surface area contributed by atoms with E-state index >= 15 is 0 Å². The van der Waals surface area contributed by atoms with Crippen LogP contribution in [0.15, 0.2) is 41.2 Å². The average molecular weight is 445 g/mol. The first-order valence-corrected chi connectivity index (χ1v) is 9.02. The monoisotopic (exact) mass is 445 g/mol. The first kappa shape index (κ1) is 16.2. The van der Waals surface area contributed by atoms with Gasteiger partial charge >= 0.3 is 0 Å². The molecule has 0 bridgehead atoms. The highest BCUT2D eigenvalue weighted by Crippen LogP contribution is 2.31. The minimum Gasteiger partial charge on any atom is -0.361 e. The highest BCUT2D eigenvalue weighted by atomic mass is 127. The molecular formula is C18H16IN5O. The summed E-state index contributed by atoms with van der Waals surface area (Å²) in [6, 6.07) is 8.02. The first-order chi connectivity index (χ1) is 12.1. The average Bonchev–Trinajstić information content (AvgIpc) is 3.14. The van der Waals surface area contributed by atoms with Crippen LogP contribution in [0.3, 0.4) is 0 Å². The number of nitrogens with zero attached hydrogens (tertiary/aromatic N) is 5. The molecule has 0 fully saturated rings. The minimum absolute atomic E-state index is 0.00827. The zero-order valence-corrected chi connectivity index (χ0v) is 16.2. The quantitative estimate of drug-likeness (QED) is 0.440. The number of aryl methyl sites for hydroxylation is 2. The summed E-state index contributed by atoms with van der Waals surface area (Å²) >= 11 is 2.22. The van der Waals surface area contributed by atoms with E-state index in [9.17, 15) is 0 Å². The lowest BCUT2D eigenvalue weighted by molar-refractivity contribution is 0.393. The van der Waals surface area contributed by atoms with Crippen LogP contribution < -0.4 is 0 Å². The van der Waals surface area contributed by atoms with Gasteiger partial charge in [0.15, 0.2) is 0 Å². The summed E-state index contributed by atoms with van der Waals surface area (Å²) in [7, 11) is 0. The van der Waals surface area contributed by atoms with Crippen molar-refractivity contribution < 1.29 is 4.52 Å². The SMILES string of the molecule is Cc1noc(C)c1-c1cnc2c(I)nn([C@@H](C)c3ccccn3)c2c1. The second kappa shape index (κ2) is 6.21. The van der Waals surface area contributed by atoms with Crippen molar-refractivity contribution >= 4 is 33.6 Å². The van der Waals surface area contributed by atoms with Gasteiger partial charge in [0.1, 0.15) is 15.0 Å². The van der Waals surface area contributed by atoms with Crippen molar-refractivity contribution in [1.29, 1.82) is 0 Å². The molecule has 0 saturated carbocycles. The zero-order valence-electron chi connectivity index (χ0n) is 14.1. The Morgan fingerprint density at radius 3 is 2.72 bits per heavy atom. The van der Waals surface area contributed by atoms with Gasteiger partial charge in [0.2, 0.25) is 0 Å². The third-order valence-electron chi connectivity index (χ3n) is 4.31. The first-order valence-electron chi connectivity index (χ1n) is 7.94. The molecule has 4 aromatic heterocycles. The van der Waals surface area contributed by atoms with E-state index in [2.05, 4.69) is 50.7 Å². The third-order valence-corrected chi connectivity index (χ3v) is 5.04. The van der Waals surface area contributed by atoms with Gasteiger partial charge in [-0.15, -0.1) is 0 Å². The summed E-state index contributed by atoms with van der Waals surface area (Å²) in [5, 5.41) is 8.74. The van der Waals surface area contributed by atoms with Crippen molar-refractivity contribution in [3.05, 3.63) is 57.5 Å². The normalized spacial score (nSPS) is 12.6. The van der Waals surface area contributed by atoms with Gasteiger partial charge in [0, 0.05) is 23.5 Å². The van der Waals surface area contributed by atoms with Crippen molar-refractivity contribution in [2.45, 2.75) is 26.8 Å². The fourth-order valence-corrected chi connectivity index (χ4v) is 3.71.